The molecule has 0 saturated heterocycles. The molecule has 1 aromatic carbocycles. The Morgan fingerprint density at radius 1 is 1.27 bits per heavy atom. The summed E-state index contributed by atoms with van der Waals surface area (Å²) in [6.45, 7) is 1.89. The van der Waals surface area contributed by atoms with Gasteiger partial charge in [-0.3, -0.25) is 0 Å². The Morgan fingerprint density at radius 2 is 2.07 bits per heavy atom. The van der Waals surface area contributed by atoms with E-state index in [9.17, 15) is 4.39 Å². The maximum Gasteiger partial charge on any atom is 0.222 e. The van der Waals surface area contributed by atoms with Crippen LogP contribution >= 0.6 is 11.6 Å². The van der Waals surface area contributed by atoms with Gasteiger partial charge < -0.3 is 0 Å². The van der Waals surface area contributed by atoms with E-state index in [1.165, 1.54) is 12.1 Å². The van der Waals surface area contributed by atoms with Crippen molar-refractivity contribution < 1.29 is 4.39 Å². The van der Waals surface area contributed by atoms with E-state index in [1.54, 1.807) is 18.3 Å². The normalized spacial score (nSPS) is 10.3. The molecule has 0 atom stereocenters. The minimum absolute atomic E-state index is 0.163. The molecule has 0 bridgehead atoms. The van der Waals surface area contributed by atoms with Crippen molar-refractivity contribution in [1.82, 2.24) is 9.97 Å². The van der Waals surface area contributed by atoms with E-state index in [2.05, 4.69) is 9.97 Å². The lowest BCUT2D eigenvalue weighted by Crippen LogP contribution is -1.90. The molecular formula is C11H8ClFN2. The molecule has 0 amide bonds. The summed E-state index contributed by atoms with van der Waals surface area (Å²) in [4.78, 5) is 7.81. The number of benzene rings is 1. The molecular weight excluding hydrogens is 215 g/mol. The number of hydrogen-bond donors (Lipinski definition) is 0. The van der Waals surface area contributed by atoms with Crippen LogP contribution in [0.15, 0.2) is 30.5 Å². The number of halogens is 2. The van der Waals surface area contributed by atoms with Gasteiger partial charge in [-0.05, 0) is 42.3 Å². The van der Waals surface area contributed by atoms with Crippen LogP contribution in [0, 0.1) is 12.7 Å². The predicted octanol–water partition coefficient (Wildman–Crippen LogP) is 3.24. The Labute approximate surface area is 91.8 Å². The molecule has 0 N–H and O–H groups in total. The molecule has 0 spiro atoms. The van der Waals surface area contributed by atoms with Crippen molar-refractivity contribution in [3.05, 3.63) is 47.1 Å². The zero-order valence-electron chi connectivity index (χ0n) is 8.04. The van der Waals surface area contributed by atoms with Gasteiger partial charge in [0.05, 0.1) is 5.69 Å². The maximum atomic E-state index is 13.1. The molecule has 0 aliphatic carbocycles. The second-order valence-electron chi connectivity index (χ2n) is 3.17. The van der Waals surface area contributed by atoms with E-state index in [0.29, 0.717) is 5.69 Å². The highest BCUT2D eigenvalue weighted by molar-refractivity contribution is 6.28. The van der Waals surface area contributed by atoms with Crippen molar-refractivity contribution in [3.8, 4) is 11.3 Å². The van der Waals surface area contributed by atoms with Gasteiger partial charge in [-0.15, -0.1) is 0 Å². The summed E-state index contributed by atoms with van der Waals surface area (Å²) in [6.07, 6.45) is 1.55. The molecule has 4 heteroatoms. The molecule has 2 nitrogen and oxygen atoms in total. The topological polar surface area (TPSA) is 25.8 Å². The predicted molar refractivity (Wildman–Crippen MR) is 57.2 cm³/mol. The highest BCUT2D eigenvalue weighted by Crippen LogP contribution is 2.22. The average Bonchev–Trinajstić information content (AvgIpc) is 2.22. The molecule has 0 aliphatic rings. The molecule has 1 heterocycles. The number of aryl methyl sites for hydroxylation is 1. The minimum atomic E-state index is -0.287. The zero-order valence-corrected chi connectivity index (χ0v) is 8.79. The molecule has 2 aromatic rings. The van der Waals surface area contributed by atoms with Gasteiger partial charge in [-0.2, -0.15) is 0 Å². The van der Waals surface area contributed by atoms with Gasteiger partial charge >= 0.3 is 0 Å². The Morgan fingerprint density at radius 3 is 2.80 bits per heavy atom. The first-order valence-electron chi connectivity index (χ1n) is 4.42. The molecule has 76 valence electrons. The molecule has 2 rings (SSSR count). The van der Waals surface area contributed by atoms with Crippen LogP contribution in [-0.4, -0.2) is 9.97 Å². The Kier molecular flexibility index (Phi) is 2.64. The summed E-state index contributed by atoms with van der Waals surface area (Å²) in [5, 5.41) is 0.163. The lowest BCUT2D eigenvalue weighted by Gasteiger charge is -2.04. The van der Waals surface area contributed by atoms with Crippen LogP contribution in [0.5, 0.6) is 0 Å². The fourth-order valence-electron chi connectivity index (χ4n) is 1.36. The van der Waals surface area contributed by atoms with E-state index in [0.717, 1.165) is 11.1 Å². The second kappa shape index (κ2) is 3.95. The summed E-state index contributed by atoms with van der Waals surface area (Å²) in [5.74, 6) is -0.287. The first kappa shape index (κ1) is 10.1. The smallest absolute Gasteiger partial charge is 0.222 e. The highest BCUT2D eigenvalue weighted by atomic mass is 35.5. The fraction of sp³-hybridized carbons (Fsp3) is 0.0909. The van der Waals surface area contributed by atoms with E-state index < -0.39 is 0 Å². The Balaban J connectivity index is 2.58. The molecule has 0 fully saturated rings. The van der Waals surface area contributed by atoms with Gasteiger partial charge in [-0.25, -0.2) is 14.4 Å². The molecule has 1 aromatic heterocycles. The molecule has 0 saturated carbocycles. The third-order valence-corrected chi connectivity index (χ3v) is 2.28. The van der Waals surface area contributed by atoms with Crippen LogP contribution in [0.3, 0.4) is 0 Å². The lowest BCUT2D eigenvalue weighted by atomic mass is 10.1. The number of aromatic nitrogens is 2. The SMILES string of the molecule is Cc1ccc(F)cc1-c1ccnc(Cl)n1. The standard InChI is InChI=1S/C11H8ClFN2/c1-7-2-3-8(13)6-9(7)10-4-5-14-11(12)15-10/h2-6H,1H3. The van der Waals surface area contributed by atoms with Crippen molar-refractivity contribution >= 4 is 11.6 Å². The van der Waals surface area contributed by atoms with Crippen LogP contribution in [0.4, 0.5) is 4.39 Å². The number of rotatable bonds is 1. The van der Waals surface area contributed by atoms with Gasteiger partial charge in [0.2, 0.25) is 5.28 Å². The molecule has 0 radical (unpaired) electrons. The van der Waals surface area contributed by atoms with Crippen LogP contribution in [0.2, 0.25) is 5.28 Å². The first-order chi connectivity index (χ1) is 7.16. The molecule has 15 heavy (non-hydrogen) atoms. The Hall–Kier alpha value is -1.48. The monoisotopic (exact) mass is 222 g/mol. The fourth-order valence-corrected chi connectivity index (χ4v) is 1.50. The van der Waals surface area contributed by atoms with Gasteiger partial charge in [0.25, 0.3) is 0 Å². The summed E-state index contributed by atoms with van der Waals surface area (Å²) in [7, 11) is 0. The van der Waals surface area contributed by atoms with Crippen molar-refractivity contribution in [2.75, 3.05) is 0 Å². The zero-order chi connectivity index (χ0) is 10.8. The summed E-state index contributed by atoms with van der Waals surface area (Å²) in [5.41, 5.74) is 2.32. The van der Waals surface area contributed by atoms with Gasteiger partial charge in [0.15, 0.2) is 0 Å². The molecule has 0 aliphatic heterocycles. The Bertz CT molecular complexity index is 500. The highest BCUT2D eigenvalue weighted by Gasteiger charge is 2.05. The first-order valence-corrected chi connectivity index (χ1v) is 4.79. The summed E-state index contributed by atoms with van der Waals surface area (Å²) >= 11 is 5.67. The maximum absolute atomic E-state index is 13.1. The van der Waals surface area contributed by atoms with Gasteiger partial charge in [-0.1, -0.05) is 6.07 Å². The van der Waals surface area contributed by atoms with Crippen molar-refractivity contribution in [2.45, 2.75) is 6.92 Å². The molecule has 0 unspecified atom stereocenters. The third kappa shape index (κ3) is 2.13. The number of nitrogens with zero attached hydrogens (tertiary/aromatic N) is 2. The lowest BCUT2D eigenvalue weighted by molar-refractivity contribution is 0.628. The largest absolute Gasteiger partial charge is 0.226 e. The third-order valence-electron chi connectivity index (χ3n) is 2.10. The van der Waals surface area contributed by atoms with Crippen LogP contribution in [0.25, 0.3) is 11.3 Å². The average molecular weight is 223 g/mol. The van der Waals surface area contributed by atoms with Crippen LogP contribution < -0.4 is 0 Å². The second-order valence-corrected chi connectivity index (χ2v) is 3.51. The summed E-state index contributed by atoms with van der Waals surface area (Å²) in [6, 6.07) is 6.27. The van der Waals surface area contributed by atoms with Crippen molar-refractivity contribution in [2.24, 2.45) is 0 Å². The van der Waals surface area contributed by atoms with E-state index in [1.807, 2.05) is 6.92 Å². The van der Waals surface area contributed by atoms with E-state index in [-0.39, 0.29) is 11.1 Å². The van der Waals surface area contributed by atoms with E-state index in [4.69, 9.17) is 11.6 Å². The van der Waals surface area contributed by atoms with Crippen LogP contribution in [-0.2, 0) is 0 Å². The van der Waals surface area contributed by atoms with Gasteiger partial charge in [0, 0.05) is 11.8 Å². The number of hydrogen-bond acceptors (Lipinski definition) is 2. The van der Waals surface area contributed by atoms with Crippen molar-refractivity contribution in [3.63, 3.8) is 0 Å². The van der Waals surface area contributed by atoms with Gasteiger partial charge in [0.1, 0.15) is 5.82 Å². The van der Waals surface area contributed by atoms with Crippen LogP contribution in [0.1, 0.15) is 5.56 Å². The quantitative estimate of drug-likeness (QED) is 0.693. The summed E-state index contributed by atoms with van der Waals surface area (Å²) < 4.78 is 13.1. The van der Waals surface area contributed by atoms with E-state index >= 15 is 0 Å². The van der Waals surface area contributed by atoms with Crippen molar-refractivity contribution in [1.29, 1.82) is 0 Å². The minimum Gasteiger partial charge on any atom is -0.226 e.